The number of aliphatic hydroxyl groups is 1. The Balaban J connectivity index is 1.55. The summed E-state index contributed by atoms with van der Waals surface area (Å²) in [4.78, 5) is 12.3. The molecule has 2 aromatic rings. The van der Waals surface area contributed by atoms with Crippen LogP contribution in [0.2, 0.25) is 0 Å². The topological polar surface area (TPSA) is 115 Å². The van der Waals surface area contributed by atoms with Gasteiger partial charge in [-0.1, -0.05) is 17.3 Å². The Morgan fingerprint density at radius 1 is 1.42 bits per heavy atom. The van der Waals surface area contributed by atoms with Crippen LogP contribution in [0, 0.1) is 0 Å². The predicted octanol–water partition coefficient (Wildman–Crippen LogP) is 1.19. The van der Waals surface area contributed by atoms with Crippen LogP contribution in [0.25, 0.3) is 0 Å². The number of carbonyl (C=O) groups excluding carboxylic acids is 1. The molecule has 0 spiro atoms. The number of benzene rings is 1. The lowest BCUT2D eigenvalue weighted by Crippen LogP contribution is -2.29. The molecule has 8 nitrogen and oxygen atoms in total. The zero-order valence-corrected chi connectivity index (χ0v) is 14.8. The van der Waals surface area contributed by atoms with E-state index in [0.717, 1.165) is 25.7 Å². The highest BCUT2D eigenvalue weighted by molar-refractivity contribution is 5.91. The molecule has 26 heavy (non-hydrogen) atoms. The highest BCUT2D eigenvalue weighted by Crippen LogP contribution is 2.26. The van der Waals surface area contributed by atoms with Crippen molar-refractivity contribution in [3.8, 4) is 5.75 Å². The Hall–Kier alpha value is -2.45. The molecule has 1 saturated carbocycles. The van der Waals surface area contributed by atoms with Gasteiger partial charge in [-0.25, -0.2) is 4.68 Å². The van der Waals surface area contributed by atoms with Crippen molar-refractivity contribution in [1.29, 1.82) is 0 Å². The van der Waals surface area contributed by atoms with Crippen LogP contribution in [0.1, 0.15) is 53.9 Å². The molecular weight excluding hydrogens is 334 g/mol. The Morgan fingerprint density at radius 3 is 2.92 bits per heavy atom. The van der Waals surface area contributed by atoms with E-state index < -0.39 is 6.10 Å². The average molecular weight is 359 g/mol. The third kappa shape index (κ3) is 4.39. The molecule has 1 atom stereocenters. The van der Waals surface area contributed by atoms with E-state index in [2.05, 4.69) is 15.6 Å². The van der Waals surface area contributed by atoms with Gasteiger partial charge in [0.1, 0.15) is 5.75 Å². The maximum absolute atomic E-state index is 12.3. The number of nitrogens with two attached hydrogens (primary N) is 1. The number of nitrogens with one attached hydrogen (secondary N) is 1. The summed E-state index contributed by atoms with van der Waals surface area (Å²) < 4.78 is 6.89. The lowest BCUT2D eigenvalue weighted by Gasteiger charge is -2.25. The number of nitrogens with zero attached hydrogens (tertiary/aromatic N) is 3. The van der Waals surface area contributed by atoms with E-state index in [1.807, 2.05) is 0 Å². The molecule has 140 valence electrons. The third-order valence-corrected chi connectivity index (χ3v) is 4.79. The molecule has 0 aliphatic heterocycles. The first-order valence-corrected chi connectivity index (χ1v) is 8.84. The molecular formula is C18H25N5O3. The van der Waals surface area contributed by atoms with Crippen LogP contribution in [-0.2, 0) is 0 Å². The van der Waals surface area contributed by atoms with E-state index in [0.29, 0.717) is 11.3 Å². The molecule has 1 aliphatic carbocycles. The zero-order chi connectivity index (χ0) is 18.5. The molecule has 0 radical (unpaired) electrons. The predicted molar refractivity (Wildman–Crippen MR) is 95.8 cm³/mol. The van der Waals surface area contributed by atoms with Gasteiger partial charge in [0.2, 0.25) is 0 Å². The van der Waals surface area contributed by atoms with Crippen LogP contribution in [0.3, 0.4) is 0 Å². The molecule has 1 fully saturated rings. The van der Waals surface area contributed by atoms with Gasteiger partial charge in [0.25, 0.3) is 5.91 Å². The van der Waals surface area contributed by atoms with Crippen molar-refractivity contribution in [1.82, 2.24) is 20.3 Å². The minimum Gasteiger partial charge on any atom is -0.497 e. The maximum atomic E-state index is 12.3. The summed E-state index contributed by atoms with van der Waals surface area (Å²) in [6.07, 6.45) is 4.64. The number of aliphatic hydroxyl groups excluding tert-OH is 1. The Bertz CT molecular complexity index is 740. The zero-order valence-electron chi connectivity index (χ0n) is 14.8. The van der Waals surface area contributed by atoms with Gasteiger partial charge in [-0.05, 0) is 43.4 Å². The van der Waals surface area contributed by atoms with Gasteiger partial charge < -0.3 is 20.9 Å². The Labute approximate surface area is 152 Å². The van der Waals surface area contributed by atoms with Gasteiger partial charge in [-0.2, -0.15) is 0 Å². The van der Waals surface area contributed by atoms with Gasteiger partial charge in [0.05, 0.1) is 25.5 Å². The molecule has 1 aromatic carbocycles. The molecule has 0 bridgehead atoms. The van der Waals surface area contributed by atoms with Gasteiger partial charge in [0.15, 0.2) is 5.69 Å². The second-order valence-electron chi connectivity index (χ2n) is 6.65. The van der Waals surface area contributed by atoms with Crippen molar-refractivity contribution in [2.24, 2.45) is 5.73 Å². The van der Waals surface area contributed by atoms with Crippen molar-refractivity contribution < 1.29 is 14.6 Å². The second kappa shape index (κ2) is 8.29. The van der Waals surface area contributed by atoms with Crippen molar-refractivity contribution in [3.05, 3.63) is 41.7 Å². The van der Waals surface area contributed by atoms with Crippen LogP contribution in [-0.4, -0.2) is 45.7 Å². The average Bonchev–Trinajstić information content (AvgIpc) is 3.16. The lowest BCUT2D eigenvalue weighted by atomic mass is 9.92. The second-order valence-corrected chi connectivity index (χ2v) is 6.65. The molecule has 4 N–H and O–H groups in total. The Morgan fingerprint density at radius 2 is 2.19 bits per heavy atom. The molecule has 0 saturated heterocycles. The molecule has 1 amide bonds. The number of rotatable bonds is 6. The minimum atomic E-state index is -0.830. The van der Waals surface area contributed by atoms with E-state index in [9.17, 15) is 9.90 Å². The van der Waals surface area contributed by atoms with Crippen molar-refractivity contribution in [3.63, 3.8) is 0 Å². The van der Waals surface area contributed by atoms with Crippen LogP contribution < -0.4 is 15.8 Å². The van der Waals surface area contributed by atoms with Gasteiger partial charge in [-0.3, -0.25) is 4.79 Å². The lowest BCUT2D eigenvalue weighted by molar-refractivity contribution is 0.0911. The van der Waals surface area contributed by atoms with Gasteiger partial charge in [0, 0.05) is 12.6 Å². The van der Waals surface area contributed by atoms with Crippen molar-refractivity contribution >= 4 is 5.91 Å². The molecule has 1 aliphatic rings. The molecule has 1 aromatic heterocycles. The summed E-state index contributed by atoms with van der Waals surface area (Å²) in [6, 6.07) is 7.61. The maximum Gasteiger partial charge on any atom is 0.273 e. The van der Waals surface area contributed by atoms with Crippen LogP contribution >= 0.6 is 0 Å². The summed E-state index contributed by atoms with van der Waals surface area (Å²) in [5.41, 5.74) is 6.84. The van der Waals surface area contributed by atoms with E-state index in [1.54, 1.807) is 42.3 Å². The van der Waals surface area contributed by atoms with Gasteiger partial charge >= 0.3 is 0 Å². The summed E-state index contributed by atoms with van der Waals surface area (Å²) in [6.45, 7) is 0.0805. The van der Waals surface area contributed by atoms with E-state index in [4.69, 9.17) is 10.5 Å². The highest BCUT2D eigenvalue weighted by atomic mass is 16.5. The van der Waals surface area contributed by atoms with Crippen molar-refractivity contribution in [2.45, 2.75) is 43.9 Å². The molecule has 3 rings (SSSR count). The summed E-state index contributed by atoms with van der Waals surface area (Å²) in [5.74, 6) is 0.300. The van der Waals surface area contributed by atoms with Crippen LogP contribution in [0.5, 0.6) is 5.75 Å². The highest BCUT2D eigenvalue weighted by Gasteiger charge is 2.22. The Kier molecular flexibility index (Phi) is 5.85. The fourth-order valence-corrected chi connectivity index (χ4v) is 3.17. The third-order valence-electron chi connectivity index (χ3n) is 4.79. The molecule has 0 unspecified atom stereocenters. The first-order valence-electron chi connectivity index (χ1n) is 8.84. The number of aromatic nitrogens is 3. The van der Waals surface area contributed by atoms with Crippen LogP contribution in [0.15, 0.2) is 30.5 Å². The van der Waals surface area contributed by atoms with Crippen molar-refractivity contribution in [2.75, 3.05) is 13.7 Å². The summed E-state index contributed by atoms with van der Waals surface area (Å²) in [5, 5.41) is 21.0. The number of methoxy groups -OCH3 is 1. The summed E-state index contributed by atoms with van der Waals surface area (Å²) >= 11 is 0. The largest absolute Gasteiger partial charge is 0.497 e. The normalized spacial score (nSPS) is 21.2. The monoisotopic (exact) mass is 359 g/mol. The summed E-state index contributed by atoms with van der Waals surface area (Å²) in [7, 11) is 1.57. The fraction of sp³-hybridized carbons (Fsp3) is 0.500. The number of ether oxygens (including phenoxy) is 1. The first kappa shape index (κ1) is 18.3. The van der Waals surface area contributed by atoms with E-state index in [-0.39, 0.29) is 30.2 Å². The molecule has 1 heterocycles. The standard InChI is InChI=1S/C18H25N5O3/c1-26-15-4-2-3-12(9-15)17(24)10-20-18(25)16-11-23(22-21-16)14-7-5-13(19)6-8-14/h2-4,9,11,13-14,17,24H,5-8,10,19H2,1H3,(H,20,25)/t13?,14?,17-/m0/s1. The number of carbonyl (C=O) groups is 1. The quantitative estimate of drug-likeness (QED) is 0.714. The minimum absolute atomic E-state index is 0.0805. The van der Waals surface area contributed by atoms with E-state index in [1.165, 1.54) is 0 Å². The number of hydrogen-bond acceptors (Lipinski definition) is 6. The fourth-order valence-electron chi connectivity index (χ4n) is 3.17. The van der Waals surface area contributed by atoms with E-state index >= 15 is 0 Å². The number of hydrogen-bond donors (Lipinski definition) is 3. The first-order chi connectivity index (χ1) is 12.6. The smallest absolute Gasteiger partial charge is 0.273 e. The van der Waals surface area contributed by atoms with Crippen LogP contribution in [0.4, 0.5) is 0 Å². The number of amides is 1. The SMILES string of the molecule is COc1cccc([C@@H](O)CNC(=O)c2cn(C3CCC(N)CC3)nn2)c1. The van der Waals surface area contributed by atoms with Gasteiger partial charge in [-0.15, -0.1) is 5.10 Å². The molecule has 8 heteroatoms.